The van der Waals surface area contributed by atoms with Crippen LogP contribution in [0.4, 0.5) is 0 Å². The third-order valence-electron chi connectivity index (χ3n) is 1.61. The summed E-state index contributed by atoms with van der Waals surface area (Å²) in [6.07, 6.45) is 2.21. The highest BCUT2D eigenvalue weighted by Gasteiger charge is 2.02. The van der Waals surface area contributed by atoms with Crippen LogP contribution in [0, 0.1) is 0 Å². The van der Waals surface area contributed by atoms with E-state index >= 15 is 0 Å². The molecule has 1 unspecified atom stereocenters. The van der Waals surface area contributed by atoms with E-state index in [4.69, 9.17) is 4.74 Å². The first-order valence-electron chi connectivity index (χ1n) is 3.79. The number of aromatic nitrogens is 2. The van der Waals surface area contributed by atoms with Crippen molar-refractivity contribution in [2.24, 2.45) is 0 Å². The van der Waals surface area contributed by atoms with Gasteiger partial charge in [-0.3, -0.25) is 4.79 Å². The molecule has 4 heteroatoms. The highest BCUT2D eigenvalue weighted by molar-refractivity contribution is 4.90. The van der Waals surface area contributed by atoms with Crippen LogP contribution in [0.1, 0.15) is 12.7 Å². The molecule has 1 aromatic heterocycles. The Labute approximate surface area is 70.6 Å². The van der Waals surface area contributed by atoms with Crippen LogP contribution >= 0.6 is 0 Å². The van der Waals surface area contributed by atoms with Gasteiger partial charge in [-0.2, -0.15) is 0 Å². The maximum Gasteiger partial charge on any atom is 0.250 e. The zero-order valence-electron chi connectivity index (χ0n) is 7.20. The van der Waals surface area contributed by atoms with E-state index in [1.807, 2.05) is 6.92 Å². The van der Waals surface area contributed by atoms with Crippen LogP contribution in [0.25, 0.3) is 0 Å². The Bertz CT molecular complexity index is 295. The number of nitrogens with one attached hydrogen (secondary N) is 1. The van der Waals surface area contributed by atoms with Crippen LogP contribution in [0.2, 0.25) is 0 Å². The van der Waals surface area contributed by atoms with E-state index in [-0.39, 0.29) is 11.7 Å². The summed E-state index contributed by atoms with van der Waals surface area (Å²) in [7, 11) is 1.63. The molecule has 1 rings (SSSR count). The first kappa shape index (κ1) is 8.93. The number of hydrogen-bond donors (Lipinski definition) is 1. The Balaban J connectivity index is 2.69. The van der Waals surface area contributed by atoms with Crippen molar-refractivity contribution in [1.29, 1.82) is 0 Å². The number of rotatable bonds is 3. The standard InChI is InChI=1S/C8H12N2O2/c1-6(12-2)5-7-9-4-3-8(11)10-7/h3-4,6H,5H2,1-2H3,(H,9,10,11). The van der Waals surface area contributed by atoms with Crippen molar-refractivity contribution in [3.8, 4) is 0 Å². The fourth-order valence-corrected chi connectivity index (χ4v) is 0.870. The topological polar surface area (TPSA) is 55.0 Å². The molecule has 0 saturated heterocycles. The van der Waals surface area contributed by atoms with Crippen molar-refractivity contribution in [2.45, 2.75) is 19.4 Å². The van der Waals surface area contributed by atoms with E-state index in [2.05, 4.69) is 9.97 Å². The second-order valence-corrected chi connectivity index (χ2v) is 2.63. The minimum absolute atomic E-state index is 0.0792. The van der Waals surface area contributed by atoms with Crippen LogP contribution in [0.5, 0.6) is 0 Å². The highest BCUT2D eigenvalue weighted by Crippen LogP contribution is 1.95. The highest BCUT2D eigenvalue weighted by atomic mass is 16.5. The lowest BCUT2D eigenvalue weighted by Crippen LogP contribution is -2.15. The predicted molar refractivity (Wildman–Crippen MR) is 45.0 cm³/mol. The van der Waals surface area contributed by atoms with Crippen LogP contribution < -0.4 is 5.56 Å². The van der Waals surface area contributed by atoms with Gasteiger partial charge in [0.05, 0.1) is 6.10 Å². The van der Waals surface area contributed by atoms with Crippen molar-refractivity contribution in [3.63, 3.8) is 0 Å². The molecule has 1 N–H and O–H groups in total. The van der Waals surface area contributed by atoms with E-state index in [9.17, 15) is 4.79 Å². The van der Waals surface area contributed by atoms with Gasteiger partial charge >= 0.3 is 0 Å². The number of H-pyrrole nitrogens is 1. The van der Waals surface area contributed by atoms with Gasteiger partial charge in [-0.15, -0.1) is 0 Å². The fraction of sp³-hybridized carbons (Fsp3) is 0.500. The minimum atomic E-state index is -0.122. The number of aromatic amines is 1. The summed E-state index contributed by atoms with van der Waals surface area (Å²) in [5.41, 5.74) is -0.122. The van der Waals surface area contributed by atoms with E-state index in [0.717, 1.165) is 0 Å². The maximum absolute atomic E-state index is 10.8. The molecule has 0 saturated carbocycles. The Hall–Kier alpha value is -1.16. The van der Waals surface area contributed by atoms with Crippen molar-refractivity contribution >= 4 is 0 Å². The maximum atomic E-state index is 10.8. The zero-order valence-corrected chi connectivity index (χ0v) is 7.20. The molecule has 1 aromatic rings. The van der Waals surface area contributed by atoms with Gasteiger partial charge in [0.1, 0.15) is 5.82 Å². The molecule has 4 nitrogen and oxygen atoms in total. The van der Waals surface area contributed by atoms with Crippen molar-refractivity contribution in [3.05, 3.63) is 28.4 Å². The predicted octanol–water partition coefficient (Wildman–Crippen LogP) is 0.347. The van der Waals surface area contributed by atoms with Gasteiger partial charge in [-0.1, -0.05) is 0 Å². The monoisotopic (exact) mass is 168 g/mol. The molecule has 12 heavy (non-hydrogen) atoms. The third kappa shape index (κ3) is 2.47. The molecule has 0 fully saturated rings. The van der Waals surface area contributed by atoms with Gasteiger partial charge in [-0.05, 0) is 6.92 Å². The smallest absolute Gasteiger partial charge is 0.250 e. The average molecular weight is 168 g/mol. The summed E-state index contributed by atoms with van der Waals surface area (Å²) in [6, 6.07) is 1.39. The molecular formula is C8H12N2O2. The van der Waals surface area contributed by atoms with Crippen molar-refractivity contribution in [2.75, 3.05) is 7.11 Å². The summed E-state index contributed by atoms with van der Waals surface area (Å²) < 4.78 is 5.03. The molecule has 1 atom stereocenters. The first-order chi connectivity index (χ1) is 5.72. The van der Waals surface area contributed by atoms with Crippen molar-refractivity contribution in [1.82, 2.24) is 9.97 Å². The lowest BCUT2D eigenvalue weighted by molar-refractivity contribution is 0.117. The van der Waals surface area contributed by atoms with E-state index in [0.29, 0.717) is 12.2 Å². The number of ether oxygens (including phenoxy) is 1. The first-order valence-corrected chi connectivity index (χ1v) is 3.79. The molecule has 0 spiro atoms. The average Bonchev–Trinajstić information content (AvgIpc) is 2.04. The number of methoxy groups -OCH3 is 1. The van der Waals surface area contributed by atoms with Crippen molar-refractivity contribution < 1.29 is 4.74 Å². The lowest BCUT2D eigenvalue weighted by Gasteiger charge is -2.06. The number of nitrogens with zero attached hydrogens (tertiary/aromatic N) is 1. The largest absolute Gasteiger partial charge is 0.381 e. The second kappa shape index (κ2) is 4.01. The molecule has 0 aliphatic rings. The SMILES string of the molecule is COC(C)Cc1nccc(=O)[nH]1. The van der Waals surface area contributed by atoms with Crippen LogP contribution in [-0.2, 0) is 11.2 Å². The van der Waals surface area contributed by atoms with Gasteiger partial charge in [0, 0.05) is 25.8 Å². The van der Waals surface area contributed by atoms with Crippen LogP contribution in [-0.4, -0.2) is 23.2 Å². The van der Waals surface area contributed by atoms with Gasteiger partial charge in [-0.25, -0.2) is 4.98 Å². The van der Waals surface area contributed by atoms with Crippen LogP contribution in [0.15, 0.2) is 17.1 Å². The Morgan fingerprint density at radius 2 is 2.50 bits per heavy atom. The minimum Gasteiger partial charge on any atom is -0.381 e. The Kier molecular flexibility index (Phi) is 2.99. The molecule has 0 aliphatic heterocycles. The quantitative estimate of drug-likeness (QED) is 0.708. The summed E-state index contributed by atoms with van der Waals surface area (Å²) >= 11 is 0. The molecular weight excluding hydrogens is 156 g/mol. The molecule has 0 aromatic carbocycles. The van der Waals surface area contributed by atoms with Gasteiger partial charge in [0.15, 0.2) is 0 Å². The Morgan fingerprint density at radius 3 is 3.08 bits per heavy atom. The number of hydrogen-bond acceptors (Lipinski definition) is 3. The molecule has 1 heterocycles. The van der Waals surface area contributed by atoms with Gasteiger partial charge in [0.25, 0.3) is 5.56 Å². The lowest BCUT2D eigenvalue weighted by atomic mass is 10.3. The molecule has 0 amide bonds. The zero-order chi connectivity index (χ0) is 8.97. The summed E-state index contributed by atoms with van der Waals surface area (Å²) in [4.78, 5) is 17.4. The van der Waals surface area contributed by atoms with E-state index in [1.54, 1.807) is 7.11 Å². The molecule has 66 valence electrons. The molecule has 0 bridgehead atoms. The summed E-state index contributed by atoms with van der Waals surface area (Å²) in [5.74, 6) is 0.664. The summed E-state index contributed by atoms with van der Waals surface area (Å²) in [6.45, 7) is 1.92. The fourth-order valence-electron chi connectivity index (χ4n) is 0.870. The molecule has 0 aliphatic carbocycles. The second-order valence-electron chi connectivity index (χ2n) is 2.63. The Morgan fingerprint density at radius 1 is 1.75 bits per heavy atom. The van der Waals surface area contributed by atoms with Gasteiger partial charge < -0.3 is 9.72 Å². The van der Waals surface area contributed by atoms with Gasteiger partial charge in [0.2, 0.25) is 0 Å². The van der Waals surface area contributed by atoms with Crippen LogP contribution in [0.3, 0.4) is 0 Å². The normalized spacial score (nSPS) is 12.8. The van der Waals surface area contributed by atoms with E-state index in [1.165, 1.54) is 12.3 Å². The molecule has 0 radical (unpaired) electrons. The van der Waals surface area contributed by atoms with E-state index < -0.39 is 0 Å². The summed E-state index contributed by atoms with van der Waals surface area (Å²) in [5, 5.41) is 0. The third-order valence-corrected chi connectivity index (χ3v) is 1.61.